The largest absolute Gasteiger partial charge is 0.464 e. The molecule has 1 fully saturated rings. The van der Waals surface area contributed by atoms with Gasteiger partial charge in [0.15, 0.2) is 0 Å². The molecule has 0 radical (unpaired) electrons. The predicted molar refractivity (Wildman–Crippen MR) is 117 cm³/mol. The highest BCUT2D eigenvalue weighted by molar-refractivity contribution is 7.89. The summed E-state index contributed by atoms with van der Waals surface area (Å²) in [6.45, 7) is 4.50. The highest BCUT2D eigenvalue weighted by atomic mass is 32.2. The fourth-order valence-corrected chi connectivity index (χ4v) is 5.68. The highest BCUT2D eigenvalue weighted by Crippen LogP contribution is 2.26. The summed E-state index contributed by atoms with van der Waals surface area (Å²) in [6, 6.07) is 12.3. The van der Waals surface area contributed by atoms with Crippen LogP contribution in [0.2, 0.25) is 0 Å². The van der Waals surface area contributed by atoms with Gasteiger partial charge in [-0.15, -0.1) is 0 Å². The molecule has 0 unspecified atom stereocenters. The molecule has 3 aromatic rings. The van der Waals surface area contributed by atoms with Crippen molar-refractivity contribution in [2.24, 2.45) is 0 Å². The van der Waals surface area contributed by atoms with Gasteiger partial charge in [0.25, 0.3) is 0 Å². The van der Waals surface area contributed by atoms with Crippen molar-refractivity contribution in [1.82, 2.24) is 4.31 Å². The molecule has 2 aromatic carbocycles. The van der Waals surface area contributed by atoms with E-state index in [1.165, 1.54) is 0 Å². The average Bonchev–Trinajstić information content (AvgIpc) is 3.10. The lowest BCUT2D eigenvalue weighted by atomic mass is 10.1. The van der Waals surface area contributed by atoms with Gasteiger partial charge in [0.05, 0.1) is 17.6 Å². The van der Waals surface area contributed by atoms with E-state index in [1.54, 1.807) is 34.8 Å². The van der Waals surface area contributed by atoms with Gasteiger partial charge in [0.2, 0.25) is 15.9 Å². The van der Waals surface area contributed by atoms with Gasteiger partial charge < -0.3 is 9.73 Å². The molecule has 30 heavy (non-hydrogen) atoms. The Morgan fingerprint density at radius 2 is 1.93 bits per heavy atom. The van der Waals surface area contributed by atoms with Crippen molar-refractivity contribution in [3.05, 3.63) is 59.9 Å². The van der Waals surface area contributed by atoms with Gasteiger partial charge in [-0.3, -0.25) is 4.79 Å². The maximum Gasteiger partial charge on any atom is 0.243 e. The Kier molecular flexibility index (Phi) is 5.66. The quantitative estimate of drug-likeness (QED) is 0.652. The lowest BCUT2D eigenvalue weighted by molar-refractivity contribution is -0.115. The summed E-state index contributed by atoms with van der Waals surface area (Å²) in [6.07, 6.45) is 4.62. The number of piperidine rings is 1. The molecule has 0 bridgehead atoms. The molecule has 6 nitrogen and oxygen atoms in total. The normalized spacial score (nSPS) is 17.9. The van der Waals surface area contributed by atoms with Crippen LogP contribution in [0.25, 0.3) is 11.0 Å². The number of carbonyl (C=O) groups excluding carboxylic acids is 1. The van der Waals surface area contributed by atoms with Crippen LogP contribution in [0, 0.1) is 6.92 Å². The second kappa shape index (κ2) is 8.24. The molecule has 7 heteroatoms. The number of rotatable bonds is 5. The number of amides is 1. The molecular formula is C23H26N2O4S. The molecule has 1 aromatic heterocycles. The van der Waals surface area contributed by atoms with Crippen molar-refractivity contribution in [2.45, 2.75) is 50.5 Å². The minimum atomic E-state index is -3.52. The maximum absolute atomic E-state index is 12.9. The van der Waals surface area contributed by atoms with Crippen molar-refractivity contribution < 1.29 is 17.6 Å². The summed E-state index contributed by atoms with van der Waals surface area (Å²) < 4.78 is 33.0. The highest BCUT2D eigenvalue weighted by Gasteiger charge is 2.30. The Labute approximate surface area is 176 Å². The van der Waals surface area contributed by atoms with Crippen molar-refractivity contribution in [3.8, 4) is 0 Å². The predicted octanol–water partition coefficient (Wildman–Crippen LogP) is 4.49. The van der Waals surface area contributed by atoms with Crippen molar-refractivity contribution in [3.63, 3.8) is 0 Å². The minimum absolute atomic E-state index is 0.0108. The van der Waals surface area contributed by atoms with Gasteiger partial charge in [0.1, 0.15) is 5.58 Å². The Morgan fingerprint density at radius 1 is 1.17 bits per heavy atom. The number of benzene rings is 2. The second-order valence-electron chi connectivity index (χ2n) is 7.97. The first-order valence-corrected chi connectivity index (χ1v) is 11.7. The van der Waals surface area contributed by atoms with Crippen LogP contribution in [0.3, 0.4) is 0 Å². The van der Waals surface area contributed by atoms with Crippen molar-refractivity contribution in [1.29, 1.82) is 0 Å². The van der Waals surface area contributed by atoms with Gasteiger partial charge in [-0.2, -0.15) is 4.31 Å². The number of furan rings is 1. The number of fused-ring (bicyclic) bond motifs is 1. The summed E-state index contributed by atoms with van der Waals surface area (Å²) in [5.74, 6) is -0.182. The van der Waals surface area contributed by atoms with Crippen LogP contribution in [-0.4, -0.2) is 31.2 Å². The molecule has 1 atom stereocenters. The van der Waals surface area contributed by atoms with Crippen LogP contribution in [0.1, 0.15) is 37.3 Å². The first-order chi connectivity index (χ1) is 14.3. The van der Waals surface area contributed by atoms with Crippen molar-refractivity contribution in [2.75, 3.05) is 11.9 Å². The molecule has 1 aliphatic rings. The van der Waals surface area contributed by atoms with Gasteiger partial charge in [-0.1, -0.05) is 18.6 Å². The van der Waals surface area contributed by atoms with Crippen LogP contribution in [0.15, 0.2) is 58.0 Å². The molecule has 0 aliphatic carbocycles. The number of nitrogens with one attached hydrogen (secondary N) is 1. The van der Waals surface area contributed by atoms with Gasteiger partial charge in [-0.25, -0.2) is 8.42 Å². The third kappa shape index (κ3) is 4.13. The number of carbonyl (C=O) groups is 1. The Morgan fingerprint density at radius 3 is 2.67 bits per heavy atom. The third-order valence-corrected chi connectivity index (χ3v) is 7.68. The number of hydrogen-bond donors (Lipinski definition) is 1. The summed E-state index contributed by atoms with van der Waals surface area (Å²) in [5.41, 5.74) is 3.25. The average molecular weight is 427 g/mol. The van der Waals surface area contributed by atoms with E-state index in [4.69, 9.17) is 4.42 Å². The fourth-order valence-electron chi connectivity index (χ4n) is 3.98. The Balaban J connectivity index is 1.44. The fraction of sp³-hybridized carbons (Fsp3) is 0.348. The molecule has 158 valence electrons. The van der Waals surface area contributed by atoms with Gasteiger partial charge in [0, 0.05) is 29.2 Å². The van der Waals surface area contributed by atoms with E-state index in [-0.39, 0.29) is 23.3 Å². The zero-order valence-electron chi connectivity index (χ0n) is 17.2. The van der Waals surface area contributed by atoms with Crippen LogP contribution in [-0.2, 0) is 21.2 Å². The molecular weight excluding hydrogens is 400 g/mol. The zero-order chi connectivity index (χ0) is 21.3. The summed E-state index contributed by atoms with van der Waals surface area (Å²) in [5, 5.41) is 3.76. The van der Waals surface area contributed by atoms with Crippen LogP contribution in [0.5, 0.6) is 0 Å². The van der Waals surface area contributed by atoms with E-state index in [0.717, 1.165) is 41.4 Å². The van der Waals surface area contributed by atoms with Crippen molar-refractivity contribution >= 4 is 32.6 Å². The van der Waals surface area contributed by atoms with Crippen LogP contribution >= 0.6 is 0 Å². The maximum atomic E-state index is 12.9. The molecule has 1 aliphatic heterocycles. The van der Waals surface area contributed by atoms with E-state index in [9.17, 15) is 13.2 Å². The lowest BCUT2D eigenvalue weighted by Gasteiger charge is -2.32. The number of aryl methyl sites for hydroxylation is 1. The Hall–Kier alpha value is -2.64. The van der Waals surface area contributed by atoms with Crippen LogP contribution < -0.4 is 5.32 Å². The molecule has 0 saturated carbocycles. The third-order valence-electron chi connectivity index (χ3n) is 5.65. The molecule has 2 heterocycles. The van der Waals surface area contributed by atoms with Gasteiger partial charge in [-0.05, 0) is 62.6 Å². The molecule has 1 amide bonds. The summed E-state index contributed by atoms with van der Waals surface area (Å²) >= 11 is 0. The first-order valence-electron chi connectivity index (χ1n) is 10.2. The SMILES string of the molecule is Cc1ccc2c(CC(=O)Nc3ccc(S(=O)(=O)N4CCCC[C@H]4C)cc3)coc2c1. The Bertz CT molecular complexity index is 1170. The van der Waals surface area contributed by atoms with E-state index >= 15 is 0 Å². The molecule has 1 N–H and O–H groups in total. The first kappa shape index (κ1) is 20.6. The van der Waals surface area contributed by atoms with Crippen LogP contribution in [0.4, 0.5) is 5.69 Å². The molecule has 1 saturated heterocycles. The number of nitrogens with zero attached hydrogens (tertiary/aromatic N) is 1. The lowest BCUT2D eigenvalue weighted by Crippen LogP contribution is -2.41. The monoisotopic (exact) mass is 426 g/mol. The summed E-state index contributed by atoms with van der Waals surface area (Å²) in [7, 11) is -3.52. The summed E-state index contributed by atoms with van der Waals surface area (Å²) in [4.78, 5) is 12.7. The molecule has 0 spiro atoms. The van der Waals surface area contributed by atoms with E-state index in [0.29, 0.717) is 12.2 Å². The number of anilines is 1. The number of hydrogen-bond acceptors (Lipinski definition) is 4. The van der Waals surface area contributed by atoms with Gasteiger partial charge >= 0.3 is 0 Å². The molecule has 4 rings (SSSR count). The zero-order valence-corrected chi connectivity index (χ0v) is 18.0. The topological polar surface area (TPSA) is 79.6 Å². The smallest absolute Gasteiger partial charge is 0.243 e. The second-order valence-corrected chi connectivity index (χ2v) is 9.86. The minimum Gasteiger partial charge on any atom is -0.464 e. The standard InChI is InChI=1S/C23H26N2O4S/c1-16-6-11-21-18(15-29-22(21)13-16)14-23(26)24-19-7-9-20(10-8-19)30(27,28)25-12-4-3-5-17(25)2/h6-11,13,15,17H,3-5,12,14H2,1-2H3,(H,24,26)/t17-/m1/s1. The van der Waals surface area contributed by atoms with E-state index in [1.807, 2.05) is 32.0 Å². The number of sulfonamides is 1. The van der Waals surface area contributed by atoms with E-state index < -0.39 is 10.0 Å². The van der Waals surface area contributed by atoms with E-state index in [2.05, 4.69) is 5.32 Å².